The molecule has 0 aliphatic carbocycles. The molecule has 4 heterocycles. The normalized spacial score (nSPS) is 13.8. The summed E-state index contributed by atoms with van der Waals surface area (Å²) in [6, 6.07) is 67.1. The Hall–Kier alpha value is -8.80. The predicted octanol–water partition coefficient (Wildman–Crippen LogP) is 17.9. The van der Waals surface area contributed by atoms with Crippen LogP contribution in [0.5, 0.6) is 11.5 Å². The molecule has 0 N–H and O–H groups in total. The lowest BCUT2D eigenvalue weighted by molar-refractivity contribution is -0.570. The zero-order valence-electron chi connectivity index (χ0n) is 48.8. The van der Waals surface area contributed by atoms with E-state index < -0.39 is 13.7 Å². The fourth-order valence-corrected chi connectivity index (χ4v) is 11.2. The van der Waals surface area contributed by atoms with Gasteiger partial charge in [-0.2, -0.15) is 0 Å². The van der Waals surface area contributed by atoms with Crippen LogP contribution in [0.3, 0.4) is 0 Å². The van der Waals surface area contributed by atoms with E-state index in [4.69, 9.17) is 17.9 Å². The number of fused-ring (bicyclic) bond motifs is 10. The lowest BCUT2D eigenvalue weighted by Gasteiger charge is -2.20. The summed E-state index contributed by atoms with van der Waals surface area (Å²) in [7, 11) is 0. The third-order valence-corrected chi connectivity index (χ3v) is 15.0. The second kappa shape index (κ2) is 17.4. The molecule has 12 aromatic rings. The molecule has 0 saturated heterocycles. The Labute approximate surface area is 448 Å². The number of para-hydroxylation sites is 2. The molecule has 0 atom stereocenters. The molecule has 1 aliphatic heterocycles. The van der Waals surface area contributed by atoms with Gasteiger partial charge < -0.3 is 4.74 Å². The molecular weight excluding hydrogens is 913 g/mol. The second-order valence-corrected chi connectivity index (χ2v) is 21.8. The van der Waals surface area contributed by atoms with Gasteiger partial charge in [0.15, 0.2) is 0 Å². The summed E-state index contributed by atoms with van der Waals surface area (Å²) in [6.07, 6.45) is 5.74. The van der Waals surface area contributed by atoms with E-state index >= 15 is 0 Å². The Kier molecular flexibility index (Phi) is 9.22. The minimum Gasteiger partial charge on any atom is -0.458 e. The quantitative estimate of drug-likeness (QED) is 0.123. The van der Waals surface area contributed by atoms with Gasteiger partial charge >= 0.3 is 0 Å². The zero-order chi connectivity index (χ0) is 56.3. The van der Waals surface area contributed by atoms with Crippen molar-refractivity contribution < 1.29 is 17.5 Å². The van der Waals surface area contributed by atoms with Gasteiger partial charge in [-0.15, -0.1) is 0 Å². The van der Waals surface area contributed by atoms with Gasteiger partial charge in [-0.3, -0.25) is 13.7 Å². The third kappa shape index (κ3) is 7.76. The Balaban J connectivity index is 1.08. The fourth-order valence-electron chi connectivity index (χ4n) is 11.2. The number of rotatable bonds is 6. The molecule has 0 bridgehead atoms. The second-order valence-electron chi connectivity index (χ2n) is 21.8. The van der Waals surface area contributed by atoms with Crippen molar-refractivity contribution in [1.29, 1.82) is 0 Å². The third-order valence-electron chi connectivity index (χ3n) is 15.0. The van der Waals surface area contributed by atoms with Gasteiger partial charge in [0.25, 0.3) is 6.33 Å². The number of ether oxygens (including phenoxy) is 1. The summed E-state index contributed by atoms with van der Waals surface area (Å²) in [5, 5.41) is 2.19. The van der Waals surface area contributed by atoms with Crippen LogP contribution in [0, 0.1) is 20.0 Å². The number of hydrogen-bond donors (Lipinski definition) is 0. The largest absolute Gasteiger partial charge is 0.458 e. The average Bonchev–Trinajstić information content (AvgIpc) is 2.84. The van der Waals surface area contributed by atoms with Crippen molar-refractivity contribution in [3.8, 4) is 84.3 Å². The van der Waals surface area contributed by atoms with Crippen LogP contribution in [0.2, 0.25) is 0 Å². The van der Waals surface area contributed by atoms with Crippen molar-refractivity contribution in [2.45, 2.75) is 66.1 Å². The van der Waals surface area contributed by atoms with Gasteiger partial charge in [-0.25, -0.2) is 4.98 Å². The van der Waals surface area contributed by atoms with Gasteiger partial charge in [-0.1, -0.05) is 181 Å². The van der Waals surface area contributed by atoms with Crippen molar-refractivity contribution >= 4 is 32.8 Å². The van der Waals surface area contributed by atoms with Gasteiger partial charge in [-0.05, 0) is 157 Å². The maximum Gasteiger partial charge on any atom is 0.269 e. The maximum atomic E-state index is 8.88. The number of imidazole rings is 1. The Morgan fingerprint density at radius 3 is 1.81 bits per heavy atom. The number of hydrogen-bond acceptors (Lipinski definition) is 2. The zero-order valence-corrected chi connectivity index (χ0v) is 42.8. The summed E-state index contributed by atoms with van der Waals surface area (Å²) in [5.41, 5.74) is 15.2. The van der Waals surface area contributed by atoms with Crippen LogP contribution in [-0.4, -0.2) is 14.1 Å². The Bertz CT molecular complexity index is 4460. The van der Waals surface area contributed by atoms with Crippen molar-refractivity contribution in [1.82, 2.24) is 14.1 Å². The molecule has 0 saturated carbocycles. The smallest absolute Gasteiger partial charge is 0.269 e. The van der Waals surface area contributed by atoms with Crippen molar-refractivity contribution in [3.05, 3.63) is 235 Å². The molecule has 1 aliphatic rings. The van der Waals surface area contributed by atoms with Crippen molar-refractivity contribution in [3.63, 3.8) is 0 Å². The summed E-state index contributed by atoms with van der Waals surface area (Å²) < 4.78 is 66.5. The van der Waals surface area contributed by atoms with Crippen molar-refractivity contribution in [2.75, 3.05) is 0 Å². The van der Waals surface area contributed by atoms with Gasteiger partial charge in [0.1, 0.15) is 17.3 Å². The average molecular weight is 977 g/mol. The van der Waals surface area contributed by atoms with Crippen LogP contribution in [-0.2, 0) is 10.8 Å². The highest BCUT2D eigenvalue weighted by Gasteiger charge is 2.28. The lowest BCUT2D eigenvalue weighted by Crippen LogP contribution is -2.32. The molecule has 13 rings (SSSR count). The minimum atomic E-state index is -2.66. The standard InChI is InChI=1S/C70H58N4O/c1-44-18-15-19-45(2)66(44)60-28-17-27-59-55-24-11-9-22-53(55)54-23-10-12-25-56(54)61-38-47(46-30-32-48(33-31-46)69(3,4)5)39-64-68(61)73(67(59)60)43-72(64)50-20-16-21-51(41-50)75-52-34-35-58-57-26-13-14-29-62(57)74(63(58)42-52)65-40-49(36-37-71-65)70(6,7)8/h9-42H,1-8H3/i1D3,2D3. The highest BCUT2D eigenvalue weighted by atomic mass is 16.5. The number of pyridine rings is 1. The molecule has 0 fully saturated rings. The number of nitrogens with zero attached hydrogens (tertiary/aromatic N) is 4. The first-order valence-electron chi connectivity index (χ1n) is 28.6. The molecule has 0 unspecified atom stereocenters. The van der Waals surface area contributed by atoms with Crippen LogP contribution in [0.4, 0.5) is 0 Å². The van der Waals surface area contributed by atoms with E-state index in [-0.39, 0.29) is 27.5 Å². The Morgan fingerprint density at radius 1 is 0.480 bits per heavy atom. The first-order valence-corrected chi connectivity index (χ1v) is 25.6. The summed E-state index contributed by atoms with van der Waals surface area (Å²) >= 11 is 0. The fraction of sp³-hybridized carbons (Fsp3) is 0.143. The van der Waals surface area contributed by atoms with Crippen LogP contribution in [0.15, 0.2) is 206 Å². The summed E-state index contributed by atoms with van der Waals surface area (Å²) in [4.78, 5) is 4.91. The van der Waals surface area contributed by atoms with E-state index in [0.717, 1.165) is 88.9 Å². The molecule has 75 heavy (non-hydrogen) atoms. The van der Waals surface area contributed by atoms with Gasteiger partial charge in [0, 0.05) is 31.3 Å². The van der Waals surface area contributed by atoms with E-state index in [1.807, 2.05) is 76.0 Å². The lowest BCUT2D eigenvalue weighted by atomic mass is 9.85. The molecule has 9 aromatic carbocycles. The van der Waals surface area contributed by atoms with E-state index in [2.05, 4.69) is 174 Å². The van der Waals surface area contributed by atoms with E-state index in [9.17, 15) is 0 Å². The van der Waals surface area contributed by atoms with Crippen LogP contribution >= 0.6 is 0 Å². The van der Waals surface area contributed by atoms with E-state index in [1.54, 1.807) is 0 Å². The molecule has 0 spiro atoms. The molecule has 3 aromatic heterocycles. The molecular formula is C70H58N4O. The van der Waals surface area contributed by atoms with Crippen LogP contribution < -0.4 is 9.30 Å². The number of aryl methyl sites for hydroxylation is 2. The first kappa shape index (κ1) is 39.7. The summed E-state index contributed by atoms with van der Waals surface area (Å²) in [6.45, 7) is 7.96. The van der Waals surface area contributed by atoms with E-state index in [0.29, 0.717) is 22.7 Å². The highest BCUT2D eigenvalue weighted by molar-refractivity contribution is 6.09. The SMILES string of the molecule is [2H]C([2H])([2H])c1cccc(C([2H])([2H])[2H])c1-c1cccc2c1-[n+]1[c-]n(-c3cccc(Oc4ccc5c6ccccc6n(-c6cc(C(C)(C)C)ccn6)c5c4)c3)c3cc(-c4ccc(C(C)(C)C)cc4)cc(c31)-c1ccccc1-c1ccccc1-2. The first-order chi connectivity index (χ1) is 38.7. The summed E-state index contributed by atoms with van der Waals surface area (Å²) in [5.74, 6) is 2.06. The van der Waals surface area contributed by atoms with Crippen LogP contribution in [0.1, 0.15) is 72.0 Å². The van der Waals surface area contributed by atoms with E-state index in [1.165, 1.54) is 29.3 Å². The highest BCUT2D eigenvalue weighted by Crippen LogP contribution is 2.47. The van der Waals surface area contributed by atoms with Gasteiger partial charge in [0.05, 0.1) is 33.4 Å². The van der Waals surface area contributed by atoms with Gasteiger partial charge in [0.2, 0.25) is 0 Å². The topological polar surface area (TPSA) is 35.9 Å². The molecule has 5 heteroatoms. The van der Waals surface area contributed by atoms with Crippen molar-refractivity contribution in [2.24, 2.45) is 0 Å². The molecule has 0 amide bonds. The number of benzene rings is 9. The molecule has 364 valence electrons. The molecule has 5 nitrogen and oxygen atoms in total. The monoisotopic (exact) mass is 976 g/mol. The Morgan fingerprint density at radius 2 is 1.09 bits per heavy atom. The van der Waals surface area contributed by atoms with Crippen LogP contribution in [0.25, 0.3) is 106 Å². The minimum absolute atomic E-state index is 0.0513. The maximum absolute atomic E-state index is 8.88. The molecule has 0 radical (unpaired) electrons. The number of aromatic nitrogens is 4. The predicted molar refractivity (Wildman–Crippen MR) is 310 cm³/mol.